The Morgan fingerprint density at radius 1 is 1.00 bits per heavy atom. The Bertz CT molecular complexity index is 758. The number of rotatable bonds is 10. The minimum atomic E-state index is -0.465. The van der Waals surface area contributed by atoms with Crippen LogP contribution in [0.2, 0.25) is 0 Å². The molecule has 0 radical (unpaired) electrons. The van der Waals surface area contributed by atoms with Gasteiger partial charge >= 0.3 is 0 Å². The fourth-order valence-corrected chi connectivity index (χ4v) is 3.27. The highest BCUT2D eigenvalue weighted by molar-refractivity contribution is 5.88. The highest BCUT2D eigenvalue weighted by Crippen LogP contribution is 2.17. The molecule has 0 heterocycles. The van der Waals surface area contributed by atoms with Crippen molar-refractivity contribution < 1.29 is 9.59 Å². The van der Waals surface area contributed by atoms with Crippen LogP contribution in [0.1, 0.15) is 49.8 Å². The summed E-state index contributed by atoms with van der Waals surface area (Å²) in [7, 11) is 0. The highest BCUT2D eigenvalue weighted by atomic mass is 16.2. The smallest absolute Gasteiger partial charge is 0.242 e. The molecule has 28 heavy (non-hydrogen) atoms. The summed E-state index contributed by atoms with van der Waals surface area (Å²) >= 11 is 0. The molecule has 4 heteroatoms. The third-order valence-electron chi connectivity index (χ3n) is 5.02. The summed E-state index contributed by atoms with van der Waals surface area (Å²) in [6, 6.07) is 17.3. The third-order valence-corrected chi connectivity index (χ3v) is 5.02. The van der Waals surface area contributed by atoms with Crippen LogP contribution in [0.4, 0.5) is 0 Å². The summed E-state index contributed by atoms with van der Waals surface area (Å²) in [6.07, 6.45) is 2.85. The standard InChI is InChI=1S/C24H32N2O2/c1-4-6-16-25-24(28)22(5-2)26(18-21-15-11-10-12-19(21)3)23(27)17-20-13-8-7-9-14-20/h7-15,22H,4-6,16-18H2,1-3H3,(H,25,28)/t22-/m0/s1. The molecular weight excluding hydrogens is 348 g/mol. The Morgan fingerprint density at radius 2 is 1.68 bits per heavy atom. The van der Waals surface area contributed by atoms with Gasteiger partial charge in [0.2, 0.25) is 11.8 Å². The molecule has 2 aromatic rings. The molecule has 0 unspecified atom stereocenters. The maximum atomic E-state index is 13.2. The first-order valence-corrected chi connectivity index (χ1v) is 10.2. The fraction of sp³-hybridized carbons (Fsp3) is 0.417. The molecule has 0 aromatic heterocycles. The Labute approximate surface area is 169 Å². The maximum absolute atomic E-state index is 13.2. The van der Waals surface area contributed by atoms with Gasteiger partial charge in [-0.15, -0.1) is 0 Å². The molecule has 2 rings (SSSR count). The van der Waals surface area contributed by atoms with E-state index in [-0.39, 0.29) is 11.8 Å². The van der Waals surface area contributed by atoms with Crippen molar-refractivity contribution in [3.8, 4) is 0 Å². The van der Waals surface area contributed by atoms with Crippen LogP contribution in [0, 0.1) is 6.92 Å². The number of carbonyl (C=O) groups excluding carboxylic acids is 2. The van der Waals surface area contributed by atoms with E-state index >= 15 is 0 Å². The van der Waals surface area contributed by atoms with E-state index < -0.39 is 6.04 Å². The first-order valence-electron chi connectivity index (χ1n) is 10.2. The number of hydrogen-bond acceptors (Lipinski definition) is 2. The molecule has 0 aliphatic carbocycles. The molecule has 0 aliphatic rings. The van der Waals surface area contributed by atoms with E-state index in [1.54, 1.807) is 4.90 Å². The van der Waals surface area contributed by atoms with Crippen molar-refractivity contribution in [3.05, 3.63) is 71.3 Å². The average Bonchev–Trinajstić information content (AvgIpc) is 2.70. The van der Waals surface area contributed by atoms with Gasteiger partial charge in [-0.05, 0) is 36.5 Å². The van der Waals surface area contributed by atoms with Crippen LogP contribution in [0.25, 0.3) is 0 Å². The van der Waals surface area contributed by atoms with Crippen molar-refractivity contribution in [2.24, 2.45) is 0 Å². The van der Waals surface area contributed by atoms with Crippen LogP contribution in [0.3, 0.4) is 0 Å². The van der Waals surface area contributed by atoms with Gasteiger partial charge in [0.15, 0.2) is 0 Å². The number of hydrogen-bond donors (Lipinski definition) is 1. The van der Waals surface area contributed by atoms with Gasteiger partial charge in [-0.3, -0.25) is 9.59 Å². The lowest BCUT2D eigenvalue weighted by Gasteiger charge is -2.31. The number of aryl methyl sites for hydroxylation is 1. The maximum Gasteiger partial charge on any atom is 0.242 e. The average molecular weight is 381 g/mol. The lowest BCUT2D eigenvalue weighted by molar-refractivity contribution is -0.140. The molecule has 1 N–H and O–H groups in total. The predicted molar refractivity (Wildman–Crippen MR) is 114 cm³/mol. The lowest BCUT2D eigenvalue weighted by atomic mass is 10.0. The SMILES string of the molecule is CCCCNC(=O)[C@H](CC)N(Cc1ccccc1C)C(=O)Cc1ccccc1. The van der Waals surface area contributed by atoms with Gasteiger partial charge in [0, 0.05) is 13.1 Å². The van der Waals surface area contributed by atoms with Crippen molar-refractivity contribution in [1.29, 1.82) is 0 Å². The van der Waals surface area contributed by atoms with E-state index in [1.165, 1.54) is 0 Å². The zero-order valence-electron chi connectivity index (χ0n) is 17.3. The normalized spacial score (nSPS) is 11.7. The van der Waals surface area contributed by atoms with Crippen LogP contribution in [0.5, 0.6) is 0 Å². The summed E-state index contributed by atoms with van der Waals surface area (Å²) in [5, 5.41) is 3.00. The van der Waals surface area contributed by atoms with Gasteiger partial charge < -0.3 is 10.2 Å². The van der Waals surface area contributed by atoms with E-state index in [0.717, 1.165) is 29.5 Å². The molecular formula is C24H32N2O2. The van der Waals surface area contributed by atoms with Crippen molar-refractivity contribution in [2.45, 2.75) is 59.0 Å². The molecule has 0 fully saturated rings. The number of nitrogens with one attached hydrogen (secondary N) is 1. The number of nitrogens with zero attached hydrogens (tertiary/aromatic N) is 1. The van der Waals surface area contributed by atoms with E-state index in [2.05, 4.69) is 12.2 Å². The van der Waals surface area contributed by atoms with E-state index in [0.29, 0.717) is 25.9 Å². The number of amides is 2. The molecule has 2 amide bonds. The highest BCUT2D eigenvalue weighted by Gasteiger charge is 2.28. The molecule has 0 saturated heterocycles. The zero-order chi connectivity index (χ0) is 20.4. The van der Waals surface area contributed by atoms with Gasteiger partial charge in [0.1, 0.15) is 6.04 Å². The summed E-state index contributed by atoms with van der Waals surface area (Å²) in [4.78, 5) is 27.8. The van der Waals surface area contributed by atoms with Gasteiger partial charge in [-0.2, -0.15) is 0 Å². The topological polar surface area (TPSA) is 49.4 Å². The molecule has 150 valence electrons. The number of unbranched alkanes of at least 4 members (excludes halogenated alkanes) is 1. The predicted octanol–water partition coefficient (Wildman–Crippen LogP) is 4.26. The second-order valence-electron chi connectivity index (χ2n) is 7.18. The molecule has 0 bridgehead atoms. The molecule has 0 spiro atoms. The lowest BCUT2D eigenvalue weighted by Crippen LogP contribution is -2.49. The molecule has 2 aromatic carbocycles. The third kappa shape index (κ3) is 6.22. The van der Waals surface area contributed by atoms with Crippen molar-refractivity contribution in [2.75, 3.05) is 6.54 Å². The van der Waals surface area contributed by atoms with E-state index in [9.17, 15) is 9.59 Å². The molecule has 4 nitrogen and oxygen atoms in total. The van der Waals surface area contributed by atoms with E-state index in [4.69, 9.17) is 0 Å². The van der Waals surface area contributed by atoms with E-state index in [1.807, 2.05) is 68.4 Å². The summed E-state index contributed by atoms with van der Waals surface area (Å²) < 4.78 is 0. The van der Waals surface area contributed by atoms with Crippen LogP contribution >= 0.6 is 0 Å². The van der Waals surface area contributed by atoms with Crippen LogP contribution in [-0.2, 0) is 22.6 Å². The monoisotopic (exact) mass is 380 g/mol. The molecule has 1 atom stereocenters. The van der Waals surface area contributed by atoms with Gasteiger partial charge in [0.25, 0.3) is 0 Å². The Morgan fingerprint density at radius 3 is 2.32 bits per heavy atom. The Kier molecular flexibility index (Phi) is 8.73. The zero-order valence-corrected chi connectivity index (χ0v) is 17.3. The van der Waals surface area contributed by atoms with Crippen molar-refractivity contribution in [1.82, 2.24) is 10.2 Å². The summed E-state index contributed by atoms with van der Waals surface area (Å²) in [5.41, 5.74) is 3.16. The molecule has 0 saturated carbocycles. The van der Waals surface area contributed by atoms with Gasteiger partial charge in [-0.25, -0.2) is 0 Å². The van der Waals surface area contributed by atoms with Gasteiger partial charge in [0.05, 0.1) is 6.42 Å². The fourth-order valence-electron chi connectivity index (χ4n) is 3.27. The number of carbonyl (C=O) groups is 2. The Hall–Kier alpha value is -2.62. The van der Waals surface area contributed by atoms with Crippen LogP contribution in [0.15, 0.2) is 54.6 Å². The first-order chi connectivity index (χ1) is 13.6. The Balaban J connectivity index is 2.24. The van der Waals surface area contributed by atoms with Crippen molar-refractivity contribution in [3.63, 3.8) is 0 Å². The summed E-state index contributed by atoms with van der Waals surface area (Å²) in [5.74, 6) is -0.0853. The number of benzene rings is 2. The van der Waals surface area contributed by atoms with Crippen LogP contribution in [-0.4, -0.2) is 29.3 Å². The second-order valence-corrected chi connectivity index (χ2v) is 7.18. The second kappa shape index (κ2) is 11.3. The molecule has 0 aliphatic heterocycles. The van der Waals surface area contributed by atoms with Gasteiger partial charge in [-0.1, -0.05) is 74.9 Å². The van der Waals surface area contributed by atoms with Crippen molar-refractivity contribution >= 4 is 11.8 Å². The quantitative estimate of drug-likeness (QED) is 0.626. The largest absolute Gasteiger partial charge is 0.354 e. The van der Waals surface area contributed by atoms with Crippen LogP contribution < -0.4 is 5.32 Å². The first kappa shape index (κ1) is 21.7. The minimum absolute atomic E-state index is 0.0213. The summed E-state index contributed by atoms with van der Waals surface area (Å²) in [6.45, 7) is 7.19. The minimum Gasteiger partial charge on any atom is -0.354 e.